The van der Waals surface area contributed by atoms with Crippen LogP contribution >= 0.6 is 11.6 Å². The number of hydrogen-bond donors (Lipinski definition) is 1. The predicted octanol–water partition coefficient (Wildman–Crippen LogP) is 3.88. The Morgan fingerprint density at radius 1 is 1.37 bits per heavy atom. The highest BCUT2D eigenvalue weighted by molar-refractivity contribution is 6.35. The monoisotopic (exact) mass is 277 g/mol. The number of ether oxygens (including phenoxy) is 1. The summed E-state index contributed by atoms with van der Waals surface area (Å²) in [7, 11) is 0. The average molecular weight is 278 g/mol. The second-order valence-electron chi connectivity index (χ2n) is 4.85. The van der Waals surface area contributed by atoms with Gasteiger partial charge in [-0.05, 0) is 50.3 Å². The van der Waals surface area contributed by atoms with E-state index < -0.39 is 0 Å². The van der Waals surface area contributed by atoms with Gasteiger partial charge in [0, 0.05) is 16.6 Å². The molecular weight excluding hydrogens is 262 g/mol. The molecule has 1 aliphatic carbocycles. The molecule has 1 heterocycles. The average Bonchev–Trinajstić information content (AvgIpc) is 2.77. The van der Waals surface area contributed by atoms with Crippen molar-refractivity contribution in [2.24, 2.45) is 0 Å². The minimum atomic E-state index is -0.328. The van der Waals surface area contributed by atoms with Crippen LogP contribution in [-0.4, -0.2) is 17.6 Å². The summed E-state index contributed by atoms with van der Waals surface area (Å²) in [5.74, 6) is -0.328. The van der Waals surface area contributed by atoms with Crippen LogP contribution in [0.5, 0.6) is 0 Å². The van der Waals surface area contributed by atoms with Gasteiger partial charge < -0.3 is 9.72 Å². The van der Waals surface area contributed by atoms with Gasteiger partial charge >= 0.3 is 5.97 Å². The molecule has 0 saturated heterocycles. The van der Waals surface area contributed by atoms with Gasteiger partial charge in [-0.1, -0.05) is 11.6 Å². The highest BCUT2D eigenvalue weighted by atomic mass is 35.5. The van der Waals surface area contributed by atoms with Crippen LogP contribution in [0.2, 0.25) is 5.02 Å². The van der Waals surface area contributed by atoms with E-state index >= 15 is 0 Å². The predicted molar refractivity (Wildman–Crippen MR) is 75.9 cm³/mol. The molecule has 2 aromatic rings. The van der Waals surface area contributed by atoms with Crippen molar-refractivity contribution in [1.82, 2.24) is 4.98 Å². The first-order valence-electron chi connectivity index (χ1n) is 6.71. The number of benzene rings is 1. The Hall–Kier alpha value is -1.48. The van der Waals surface area contributed by atoms with Crippen LogP contribution in [0.15, 0.2) is 12.1 Å². The lowest BCUT2D eigenvalue weighted by Crippen LogP contribution is -2.07. The van der Waals surface area contributed by atoms with Gasteiger partial charge in [-0.2, -0.15) is 0 Å². The van der Waals surface area contributed by atoms with E-state index in [1.165, 1.54) is 17.7 Å². The Balaban J connectivity index is 2.26. The van der Waals surface area contributed by atoms with Crippen molar-refractivity contribution in [3.05, 3.63) is 34.0 Å². The zero-order valence-electron chi connectivity index (χ0n) is 10.9. The van der Waals surface area contributed by atoms with E-state index in [0.29, 0.717) is 17.2 Å². The van der Waals surface area contributed by atoms with Crippen molar-refractivity contribution in [3.8, 4) is 0 Å². The Kier molecular flexibility index (Phi) is 3.23. The maximum atomic E-state index is 12.1. The summed E-state index contributed by atoms with van der Waals surface area (Å²) in [6, 6.07) is 3.71. The molecule has 0 aliphatic heterocycles. The van der Waals surface area contributed by atoms with Gasteiger partial charge in [0.05, 0.1) is 17.2 Å². The van der Waals surface area contributed by atoms with E-state index in [4.69, 9.17) is 16.3 Å². The van der Waals surface area contributed by atoms with Crippen molar-refractivity contribution in [2.75, 3.05) is 6.61 Å². The summed E-state index contributed by atoms with van der Waals surface area (Å²) >= 11 is 6.22. The summed E-state index contributed by atoms with van der Waals surface area (Å²) in [4.78, 5) is 15.6. The Morgan fingerprint density at radius 2 is 2.16 bits per heavy atom. The smallest absolute Gasteiger partial charge is 0.340 e. The third-order valence-corrected chi connectivity index (χ3v) is 4.00. The number of fused-ring (bicyclic) bond motifs is 3. The largest absolute Gasteiger partial charge is 0.462 e. The molecule has 1 aromatic heterocycles. The molecule has 0 saturated carbocycles. The van der Waals surface area contributed by atoms with Gasteiger partial charge in [0.15, 0.2) is 0 Å². The maximum absolute atomic E-state index is 12.1. The minimum Gasteiger partial charge on any atom is -0.462 e. The number of aromatic amines is 1. The number of nitrogens with one attached hydrogen (secondary N) is 1. The van der Waals surface area contributed by atoms with Crippen LogP contribution in [0.1, 0.15) is 41.4 Å². The maximum Gasteiger partial charge on any atom is 0.340 e. The number of carbonyl (C=O) groups excluding carboxylic acids is 1. The fraction of sp³-hybridized carbons (Fsp3) is 0.400. The number of aryl methyl sites for hydroxylation is 2. The van der Waals surface area contributed by atoms with Crippen molar-refractivity contribution in [1.29, 1.82) is 0 Å². The third kappa shape index (κ3) is 2.02. The lowest BCUT2D eigenvalue weighted by Gasteiger charge is -2.12. The van der Waals surface area contributed by atoms with Crippen LogP contribution in [0.3, 0.4) is 0 Å². The Bertz CT molecular complexity index is 645. The quantitative estimate of drug-likeness (QED) is 0.847. The molecule has 1 N–H and O–H groups in total. The van der Waals surface area contributed by atoms with Gasteiger partial charge in [-0.3, -0.25) is 0 Å². The summed E-state index contributed by atoms with van der Waals surface area (Å²) < 4.78 is 5.14. The normalized spacial score (nSPS) is 14.4. The lowest BCUT2D eigenvalue weighted by molar-refractivity contribution is 0.0529. The molecular formula is C15H16ClNO2. The van der Waals surface area contributed by atoms with Crippen molar-refractivity contribution < 1.29 is 9.53 Å². The van der Waals surface area contributed by atoms with E-state index in [1.807, 2.05) is 6.07 Å². The first-order chi connectivity index (χ1) is 9.22. The minimum absolute atomic E-state index is 0.328. The number of carbonyl (C=O) groups is 1. The molecule has 19 heavy (non-hydrogen) atoms. The number of esters is 1. The fourth-order valence-electron chi connectivity index (χ4n) is 2.88. The zero-order valence-corrected chi connectivity index (χ0v) is 11.6. The van der Waals surface area contributed by atoms with Crippen LogP contribution < -0.4 is 0 Å². The summed E-state index contributed by atoms with van der Waals surface area (Å²) in [6.45, 7) is 2.16. The molecule has 0 spiro atoms. The van der Waals surface area contributed by atoms with Crippen LogP contribution in [0.25, 0.3) is 10.9 Å². The molecule has 0 fully saturated rings. The first-order valence-corrected chi connectivity index (χ1v) is 7.09. The molecule has 0 atom stereocenters. The second-order valence-corrected chi connectivity index (χ2v) is 5.26. The number of rotatable bonds is 2. The molecule has 1 aliphatic rings. The first kappa shape index (κ1) is 12.5. The van der Waals surface area contributed by atoms with Crippen LogP contribution in [0.4, 0.5) is 0 Å². The Morgan fingerprint density at radius 3 is 2.95 bits per heavy atom. The highest BCUT2D eigenvalue weighted by Crippen LogP contribution is 2.35. The summed E-state index contributed by atoms with van der Waals surface area (Å²) in [5.41, 5.74) is 3.99. The van der Waals surface area contributed by atoms with Crippen molar-refractivity contribution in [3.63, 3.8) is 0 Å². The lowest BCUT2D eigenvalue weighted by atomic mass is 9.94. The van der Waals surface area contributed by atoms with Gasteiger partial charge in [-0.25, -0.2) is 4.79 Å². The van der Waals surface area contributed by atoms with Gasteiger partial charge in [0.1, 0.15) is 0 Å². The van der Waals surface area contributed by atoms with Gasteiger partial charge in [0.25, 0.3) is 0 Å². The number of aromatic nitrogens is 1. The summed E-state index contributed by atoms with van der Waals surface area (Å²) in [5, 5.41) is 1.43. The molecule has 3 rings (SSSR count). The molecule has 0 bridgehead atoms. The van der Waals surface area contributed by atoms with Crippen LogP contribution in [-0.2, 0) is 17.6 Å². The molecule has 0 unspecified atom stereocenters. The number of hydrogen-bond acceptors (Lipinski definition) is 2. The van der Waals surface area contributed by atoms with Crippen molar-refractivity contribution in [2.45, 2.75) is 32.6 Å². The topological polar surface area (TPSA) is 42.1 Å². The zero-order chi connectivity index (χ0) is 13.4. The Labute approximate surface area is 116 Å². The summed E-state index contributed by atoms with van der Waals surface area (Å²) in [6.07, 6.45) is 4.41. The third-order valence-electron chi connectivity index (χ3n) is 3.69. The molecule has 100 valence electrons. The van der Waals surface area contributed by atoms with Gasteiger partial charge in [0.2, 0.25) is 0 Å². The highest BCUT2D eigenvalue weighted by Gasteiger charge is 2.23. The molecule has 4 heteroatoms. The van der Waals surface area contributed by atoms with E-state index in [1.54, 1.807) is 13.0 Å². The van der Waals surface area contributed by atoms with Crippen LogP contribution in [0, 0.1) is 0 Å². The molecule has 0 radical (unpaired) electrons. The van der Waals surface area contributed by atoms with E-state index in [9.17, 15) is 4.79 Å². The second kappa shape index (κ2) is 4.89. The van der Waals surface area contributed by atoms with Gasteiger partial charge in [-0.15, -0.1) is 0 Å². The van der Waals surface area contributed by atoms with E-state index in [-0.39, 0.29) is 5.97 Å². The molecule has 0 amide bonds. The van der Waals surface area contributed by atoms with E-state index in [0.717, 1.165) is 30.2 Å². The number of H-pyrrole nitrogens is 1. The fourth-order valence-corrected chi connectivity index (χ4v) is 3.11. The standard InChI is InChI=1S/C15H16ClNO2/c1-2-19-15(18)14-10(16)7-8-12-13(14)9-5-3-4-6-11(9)17-12/h7-8,17H,2-6H2,1H3. The number of halogens is 1. The van der Waals surface area contributed by atoms with E-state index in [2.05, 4.69) is 4.98 Å². The SMILES string of the molecule is CCOC(=O)c1c(Cl)ccc2[nH]c3c(c12)CCCC3. The molecule has 3 nitrogen and oxygen atoms in total. The molecule has 1 aromatic carbocycles. The van der Waals surface area contributed by atoms with Crippen molar-refractivity contribution >= 4 is 28.5 Å².